The normalized spacial score (nSPS) is 12.2. The van der Waals surface area contributed by atoms with E-state index in [1.165, 1.54) is 17.9 Å². The van der Waals surface area contributed by atoms with Gasteiger partial charge in [0.15, 0.2) is 5.69 Å². The monoisotopic (exact) mass is 490 g/mol. The van der Waals surface area contributed by atoms with Crippen molar-refractivity contribution >= 4 is 17.2 Å². The number of nitrogens with one attached hydrogen (secondary N) is 1. The number of allylic oxidation sites excluding steroid dienone is 2. The van der Waals surface area contributed by atoms with Gasteiger partial charge in [0, 0.05) is 5.57 Å². The number of hydrogen-bond acceptors (Lipinski definition) is 5. The van der Waals surface area contributed by atoms with E-state index in [-0.39, 0.29) is 16.8 Å². The summed E-state index contributed by atoms with van der Waals surface area (Å²) in [7, 11) is 1.51. The number of methoxy groups -OCH3 is 1. The Hall–Kier alpha value is -4.20. The molecule has 36 heavy (non-hydrogen) atoms. The van der Waals surface area contributed by atoms with E-state index in [1.807, 2.05) is 52.8 Å². The fourth-order valence-corrected chi connectivity index (χ4v) is 3.51. The number of carboxylic acid groups (broad SMARTS) is 1. The SMILES string of the molecule is C/C=C(N=Nc1c(C)[nH]n(-c2ccc(C)c(C)c2)c1=O)\C(OC)=C(/C)c1cccc(C(=O)O)c1.CC. The van der Waals surface area contributed by atoms with E-state index in [9.17, 15) is 14.7 Å². The smallest absolute Gasteiger partial charge is 0.335 e. The molecule has 1 aromatic heterocycles. The first-order valence-electron chi connectivity index (χ1n) is 11.7. The summed E-state index contributed by atoms with van der Waals surface area (Å²) in [5.74, 6) is -0.584. The lowest BCUT2D eigenvalue weighted by Crippen LogP contribution is -2.14. The first kappa shape index (κ1) is 28.0. The Labute approximate surface area is 211 Å². The van der Waals surface area contributed by atoms with Gasteiger partial charge >= 0.3 is 5.97 Å². The van der Waals surface area contributed by atoms with E-state index < -0.39 is 5.97 Å². The minimum absolute atomic E-state index is 0.172. The van der Waals surface area contributed by atoms with Crippen LogP contribution in [0.25, 0.3) is 11.3 Å². The third-order valence-electron chi connectivity index (χ3n) is 5.64. The molecule has 0 amide bonds. The summed E-state index contributed by atoms with van der Waals surface area (Å²) in [5, 5.41) is 20.9. The van der Waals surface area contributed by atoms with Crippen LogP contribution in [-0.4, -0.2) is 28.0 Å². The predicted molar refractivity (Wildman–Crippen MR) is 143 cm³/mol. The third-order valence-corrected chi connectivity index (χ3v) is 5.64. The molecule has 3 rings (SSSR count). The number of aromatic carboxylic acids is 1. The molecule has 0 atom stereocenters. The van der Waals surface area contributed by atoms with E-state index >= 15 is 0 Å². The van der Waals surface area contributed by atoms with Gasteiger partial charge in [0.25, 0.3) is 5.56 Å². The van der Waals surface area contributed by atoms with Crippen molar-refractivity contribution in [1.29, 1.82) is 0 Å². The minimum atomic E-state index is -1.01. The van der Waals surface area contributed by atoms with Crippen LogP contribution in [0.1, 0.15) is 60.4 Å². The van der Waals surface area contributed by atoms with Crippen LogP contribution in [0.2, 0.25) is 0 Å². The van der Waals surface area contributed by atoms with Gasteiger partial charge in [-0.25, -0.2) is 9.48 Å². The molecule has 1 heterocycles. The molecule has 0 aliphatic carbocycles. The molecule has 0 saturated carbocycles. The summed E-state index contributed by atoms with van der Waals surface area (Å²) in [6, 6.07) is 12.3. The molecule has 2 N–H and O–H groups in total. The largest absolute Gasteiger partial charge is 0.494 e. The van der Waals surface area contributed by atoms with Crippen LogP contribution in [-0.2, 0) is 4.74 Å². The van der Waals surface area contributed by atoms with E-state index in [2.05, 4.69) is 15.3 Å². The van der Waals surface area contributed by atoms with Crippen molar-refractivity contribution in [3.05, 3.63) is 98.3 Å². The van der Waals surface area contributed by atoms with Gasteiger partial charge in [0.2, 0.25) is 0 Å². The van der Waals surface area contributed by atoms with Crippen molar-refractivity contribution in [1.82, 2.24) is 9.78 Å². The van der Waals surface area contributed by atoms with E-state index in [1.54, 1.807) is 38.1 Å². The van der Waals surface area contributed by atoms with Gasteiger partial charge < -0.3 is 9.84 Å². The molecule has 0 radical (unpaired) electrons. The lowest BCUT2D eigenvalue weighted by atomic mass is 10.0. The summed E-state index contributed by atoms with van der Waals surface area (Å²) in [6.45, 7) is 13.4. The number of nitrogens with zero attached hydrogens (tertiary/aromatic N) is 3. The zero-order chi connectivity index (χ0) is 27.0. The fourth-order valence-electron chi connectivity index (χ4n) is 3.51. The maximum Gasteiger partial charge on any atom is 0.335 e. The predicted octanol–water partition coefficient (Wildman–Crippen LogP) is 6.88. The minimum Gasteiger partial charge on any atom is -0.494 e. The summed E-state index contributed by atoms with van der Waals surface area (Å²) < 4.78 is 7.03. The number of aromatic amines is 1. The fraction of sp³-hybridized carbons (Fsp3) is 0.286. The van der Waals surface area contributed by atoms with Crippen LogP contribution in [0.5, 0.6) is 0 Å². The standard InChI is InChI=1S/C26H28N4O4.C2H6/c1-7-22(24(34-6)17(4)19-9-8-10-20(14-19)26(32)33)27-28-23-18(5)29-30(25(23)31)21-12-11-15(2)16(3)13-21;1-2/h7-14,29H,1-6H3,(H,32,33);1-2H3/b22-7+,24-17-,28-27?;. The first-order chi connectivity index (χ1) is 17.2. The van der Waals surface area contributed by atoms with Crippen LogP contribution in [0.3, 0.4) is 0 Å². The second-order valence-corrected chi connectivity index (χ2v) is 7.91. The summed E-state index contributed by atoms with van der Waals surface area (Å²) >= 11 is 0. The number of ether oxygens (including phenoxy) is 1. The lowest BCUT2D eigenvalue weighted by Gasteiger charge is -2.11. The van der Waals surface area contributed by atoms with Gasteiger partial charge in [-0.1, -0.05) is 38.1 Å². The third kappa shape index (κ3) is 6.07. The maximum atomic E-state index is 13.0. The van der Waals surface area contributed by atoms with Crippen molar-refractivity contribution in [2.75, 3.05) is 7.11 Å². The highest BCUT2D eigenvalue weighted by Gasteiger charge is 2.15. The van der Waals surface area contributed by atoms with Crippen molar-refractivity contribution < 1.29 is 14.6 Å². The molecule has 8 heteroatoms. The number of carboxylic acids is 1. The molecule has 0 unspecified atom stereocenters. The summed E-state index contributed by atoms with van der Waals surface area (Å²) in [6.07, 6.45) is 1.72. The second-order valence-electron chi connectivity index (χ2n) is 7.91. The number of aromatic nitrogens is 2. The number of aryl methyl sites for hydroxylation is 3. The Bertz CT molecular complexity index is 1390. The van der Waals surface area contributed by atoms with Crippen molar-refractivity contribution in [2.45, 2.75) is 48.5 Å². The number of benzene rings is 2. The van der Waals surface area contributed by atoms with Gasteiger partial charge in [0.05, 0.1) is 24.1 Å². The number of rotatable bonds is 7. The Balaban J connectivity index is 0.00000222. The topological polar surface area (TPSA) is 109 Å². The van der Waals surface area contributed by atoms with Gasteiger partial charge in [0.1, 0.15) is 11.5 Å². The number of H-pyrrole nitrogens is 1. The zero-order valence-corrected chi connectivity index (χ0v) is 22.1. The summed E-state index contributed by atoms with van der Waals surface area (Å²) in [4.78, 5) is 24.4. The van der Waals surface area contributed by atoms with Crippen molar-refractivity contribution in [3.63, 3.8) is 0 Å². The van der Waals surface area contributed by atoms with Crippen LogP contribution in [0, 0.1) is 20.8 Å². The molecule has 2 aromatic carbocycles. The van der Waals surface area contributed by atoms with E-state index in [0.717, 1.165) is 16.8 Å². The van der Waals surface area contributed by atoms with Crippen LogP contribution >= 0.6 is 0 Å². The Kier molecular flexibility index (Phi) is 9.73. The first-order valence-corrected chi connectivity index (χ1v) is 11.7. The van der Waals surface area contributed by atoms with Crippen LogP contribution in [0.4, 0.5) is 5.69 Å². The molecule has 0 fully saturated rings. The van der Waals surface area contributed by atoms with Crippen molar-refractivity contribution in [2.24, 2.45) is 10.2 Å². The highest BCUT2D eigenvalue weighted by atomic mass is 16.5. The quantitative estimate of drug-likeness (QED) is 0.214. The number of azo groups is 1. The molecular weight excluding hydrogens is 456 g/mol. The highest BCUT2D eigenvalue weighted by Crippen LogP contribution is 2.27. The number of hydrogen-bond donors (Lipinski definition) is 2. The van der Waals surface area contributed by atoms with Gasteiger partial charge in [-0.3, -0.25) is 9.89 Å². The molecular formula is C28H34N4O4. The molecule has 0 spiro atoms. The Morgan fingerprint density at radius 3 is 2.31 bits per heavy atom. The molecule has 0 aliphatic heterocycles. The van der Waals surface area contributed by atoms with Gasteiger partial charge in [-0.15, -0.1) is 10.2 Å². The van der Waals surface area contributed by atoms with Crippen LogP contribution < -0.4 is 5.56 Å². The molecule has 8 nitrogen and oxygen atoms in total. The molecule has 3 aromatic rings. The average Bonchev–Trinajstić information content (AvgIpc) is 3.17. The Morgan fingerprint density at radius 1 is 1.06 bits per heavy atom. The zero-order valence-electron chi connectivity index (χ0n) is 22.1. The molecule has 0 aliphatic rings. The lowest BCUT2D eigenvalue weighted by molar-refractivity contribution is 0.0697. The molecule has 0 bridgehead atoms. The molecule has 0 saturated heterocycles. The van der Waals surface area contributed by atoms with E-state index in [0.29, 0.717) is 28.3 Å². The molecule has 190 valence electrons. The Morgan fingerprint density at radius 2 is 1.72 bits per heavy atom. The maximum absolute atomic E-state index is 13.0. The van der Waals surface area contributed by atoms with Gasteiger partial charge in [-0.2, -0.15) is 0 Å². The highest BCUT2D eigenvalue weighted by molar-refractivity contribution is 5.89. The van der Waals surface area contributed by atoms with Gasteiger partial charge in [-0.05, 0) is 75.6 Å². The summed E-state index contributed by atoms with van der Waals surface area (Å²) in [5.41, 5.74) is 5.36. The average molecular weight is 491 g/mol. The second kappa shape index (κ2) is 12.5. The van der Waals surface area contributed by atoms with Crippen molar-refractivity contribution in [3.8, 4) is 5.69 Å². The van der Waals surface area contributed by atoms with Crippen LogP contribution in [0.15, 0.2) is 75.0 Å². The number of carbonyl (C=O) groups is 1. The van der Waals surface area contributed by atoms with E-state index in [4.69, 9.17) is 4.74 Å².